The number of methoxy groups -OCH3 is 1. The molecule has 38 heavy (non-hydrogen) atoms. The minimum atomic E-state index is -1.27. The van der Waals surface area contributed by atoms with Crippen LogP contribution in [0.2, 0.25) is 0 Å². The molecule has 202 valence electrons. The van der Waals surface area contributed by atoms with Crippen LogP contribution in [0.25, 0.3) is 0 Å². The molecule has 3 aromatic carbocycles. The molecule has 6 heteroatoms. The lowest BCUT2D eigenvalue weighted by atomic mass is 9.74. The van der Waals surface area contributed by atoms with Gasteiger partial charge in [-0.25, -0.2) is 0 Å². The molecule has 6 nitrogen and oxygen atoms in total. The monoisotopic (exact) mass is 515 g/mol. The number of hydrogen-bond acceptors (Lipinski definition) is 6. The van der Waals surface area contributed by atoms with Crippen molar-refractivity contribution in [3.05, 3.63) is 76.3 Å². The van der Waals surface area contributed by atoms with Gasteiger partial charge in [-0.05, 0) is 93.3 Å². The molecule has 0 aromatic heterocycles. The summed E-state index contributed by atoms with van der Waals surface area (Å²) >= 11 is 0. The molecule has 0 saturated carbocycles. The van der Waals surface area contributed by atoms with Crippen molar-refractivity contribution < 1.29 is 14.6 Å². The zero-order valence-electron chi connectivity index (χ0n) is 24.1. The van der Waals surface area contributed by atoms with Crippen molar-refractivity contribution in [1.29, 1.82) is 0 Å². The molecule has 1 N–H and O–H groups in total. The number of aliphatic hydroxyl groups is 1. The number of rotatable bonds is 5. The first kappa shape index (κ1) is 26.2. The Kier molecular flexibility index (Phi) is 6.50. The second-order valence-electron chi connectivity index (χ2n) is 11.4. The molecule has 0 bridgehead atoms. The predicted molar refractivity (Wildman–Crippen MR) is 157 cm³/mol. The summed E-state index contributed by atoms with van der Waals surface area (Å²) < 4.78 is 11.9. The fourth-order valence-electron chi connectivity index (χ4n) is 6.25. The maximum atomic E-state index is 12.5. The first-order chi connectivity index (χ1) is 18.0. The molecule has 0 radical (unpaired) electrons. The topological polar surface area (TPSA) is 48.4 Å². The maximum Gasteiger partial charge on any atom is 0.157 e. The first-order valence-electron chi connectivity index (χ1n) is 13.5. The van der Waals surface area contributed by atoms with Gasteiger partial charge in [-0.3, -0.25) is 0 Å². The molecular formula is C32H41N3O3. The zero-order chi connectivity index (χ0) is 27.4. The van der Waals surface area contributed by atoms with Gasteiger partial charge in [0.25, 0.3) is 0 Å². The van der Waals surface area contributed by atoms with Crippen LogP contribution in [0.5, 0.6) is 11.5 Å². The molecule has 1 unspecified atom stereocenters. The standard InChI is InChI=1S/C32H41N3O3/c1-21-22(2)30-28(32(36,31(4,5)38-30)24-9-11-25(12-10-24)33(6)7)23(3)29(21)35-19-17-34(18-20-35)26-13-15-27(37-8)16-14-26/h9-16,36H,17-20H2,1-8H3. The third-order valence-electron chi connectivity index (χ3n) is 8.64. The van der Waals surface area contributed by atoms with Crippen molar-refractivity contribution >= 4 is 17.1 Å². The van der Waals surface area contributed by atoms with E-state index < -0.39 is 11.2 Å². The highest BCUT2D eigenvalue weighted by atomic mass is 16.5. The number of hydrogen-bond donors (Lipinski definition) is 1. The largest absolute Gasteiger partial charge is 0.497 e. The van der Waals surface area contributed by atoms with Crippen LogP contribution in [0, 0.1) is 20.8 Å². The zero-order valence-corrected chi connectivity index (χ0v) is 24.1. The Bertz CT molecular complexity index is 1320. The third-order valence-corrected chi connectivity index (χ3v) is 8.64. The smallest absolute Gasteiger partial charge is 0.157 e. The molecule has 5 rings (SSSR count). The van der Waals surface area contributed by atoms with Gasteiger partial charge in [0.15, 0.2) is 5.60 Å². The van der Waals surface area contributed by atoms with E-state index in [0.29, 0.717) is 0 Å². The summed E-state index contributed by atoms with van der Waals surface area (Å²) in [5, 5.41) is 12.5. The second kappa shape index (κ2) is 9.42. The summed E-state index contributed by atoms with van der Waals surface area (Å²) in [6.45, 7) is 14.1. The van der Waals surface area contributed by atoms with Gasteiger partial charge in [-0.2, -0.15) is 0 Å². The van der Waals surface area contributed by atoms with Crippen molar-refractivity contribution in [2.75, 3.05) is 62.1 Å². The van der Waals surface area contributed by atoms with Crippen molar-refractivity contribution in [3.63, 3.8) is 0 Å². The van der Waals surface area contributed by atoms with Crippen molar-refractivity contribution in [2.45, 2.75) is 45.8 Å². The van der Waals surface area contributed by atoms with Crippen molar-refractivity contribution in [3.8, 4) is 11.5 Å². The van der Waals surface area contributed by atoms with Crippen molar-refractivity contribution in [2.24, 2.45) is 0 Å². The van der Waals surface area contributed by atoms with Gasteiger partial charge in [0.1, 0.15) is 17.1 Å². The van der Waals surface area contributed by atoms with Crippen LogP contribution < -0.4 is 24.2 Å². The average molecular weight is 516 g/mol. The maximum absolute atomic E-state index is 12.5. The fourth-order valence-corrected chi connectivity index (χ4v) is 6.25. The number of ether oxygens (including phenoxy) is 2. The molecule has 3 aromatic rings. The van der Waals surface area contributed by atoms with Crippen LogP contribution in [0.3, 0.4) is 0 Å². The second-order valence-corrected chi connectivity index (χ2v) is 11.4. The first-order valence-corrected chi connectivity index (χ1v) is 13.5. The Balaban J connectivity index is 1.52. The Morgan fingerprint density at radius 1 is 0.816 bits per heavy atom. The number of benzene rings is 3. The highest BCUT2D eigenvalue weighted by Crippen LogP contribution is 2.56. The minimum Gasteiger partial charge on any atom is -0.497 e. The van der Waals surface area contributed by atoms with Crippen LogP contribution in [-0.4, -0.2) is 58.1 Å². The van der Waals surface area contributed by atoms with E-state index in [9.17, 15) is 5.11 Å². The van der Waals surface area contributed by atoms with Crippen LogP contribution in [-0.2, 0) is 5.60 Å². The van der Waals surface area contributed by atoms with Gasteiger partial charge in [0, 0.05) is 62.9 Å². The van der Waals surface area contributed by atoms with Gasteiger partial charge in [-0.15, -0.1) is 0 Å². The fraction of sp³-hybridized carbons (Fsp3) is 0.438. The van der Waals surface area contributed by atoms with E-state index in [-0.39, 0.29) is 0 Å². The van der Waals surface area contributed by atoms with Gasteiger partial charge >= 0.3 is 0 Å². The van der Waals surface area contributed by atoms with Gasteiger partial charge in [-0.1, -0.05) is 12.1 Å². The van der Waals surface area contributed by atoms with E-state index in [1.54, 1.807) is 7.11 Å². The van der Waals surface area contributed by atoms with E-state index in [0.717, 1.165) is 65.6 Å². The highest BCUT2D eigenvalue weighted by Gasteiger charge is 2.57. The van der Waals surface area contributed by atoms with E-state index in [1.165, 1.54) is 16.9 Å². The lowest BCUT2D eigenvalue weighted by molar-refractivity contribution is -0.0645. The highest BCUT2D eigenvalue weighted by molar-refractivity contribution is 5.73. The van der Waals surface area contributed by atoms with Crippen LogP contribution >= 0.6 is 0 Å². The number of fused-ring (bicyclic) bond motifs is 1. The van der Waals surface area contributed by atoms with Crippen LogP contribution in [0.1, 0.15) is 41.7 Å². The van der Waals surface area contributed by atoms with Gasteiger partial charge in [0.05, 0.1) is 7.11 Å². The predicted octanol–water partition coefficient (Wildman–Crippen LogP) is 5.42. The number of nitrogens with zero attached hydrogens (tertiary/aromatic N) is 3. The molecule has 0 amide bonds. The van der Waals surface area contributed by atoms with E-state index >= 15 is 0 Å². The summed E-state index contributed by atoms with van der Waals surface area (Å²) in [6, 6.07) is 16.5. The molecule has 2 aliphatic rings. The van der Waals surface area contributed by atoms with E-state index in [4.69, 9.17) is 9.47 Å². The summed E-state index contributed by atoms with van der Waals surface area (Å²) in [5.41, 5.74) is 6.64. The van der Waals surface area contributed by atoms with Crippen molar-refractivity contribution in [1.82, 2.24) is 0 Å². The van der Waals surface area contributed by atoms with Gasteiger partial charge < -0.3 is 29.3 Å². The Morgan fingerprint density at radius 3 is 1.95 bits per heavy atom. The molecule has 0 aliphatic carbocycles. The third kappa shape index (κ3) is 3.97. The quantitative estimate of drug-likeness (QED) is 0.490. The normalized spacial score (nSPS) is 20.2. The molecule has 1 fully saturated rings. The summed E-state index contributed by atoms with van der Waals surface area (Å²) in [5.74, 6) is 1.70. The van der Waals surface area contributed by atoms with Crippen LogP contribution in [0.4, 0.5) is 17.1 Å². The van der Waals surface area contributed by atoms with E-state index in [2.05, 4.69) is 59.7 Å². The molecular weight excluding hydrogens is 474 g/mol. The Labute approximate surface area is 227 Å². The van der Waals surface area contributed by atoms with Crippen LogP contribution in [0.15, 0.2) is 48.5 Å². The minimum absolute atomic E-state index is 0.817. The van der Waals surface area contributed by atoms with Gasteiger partial charge in [0.2, 0.25) is 0 Å². The Hall–Kier alpha value is -3.38. The molecule has 1 saturated heterocycles. The average Bonchev–Trinajstić information content (AvgIpc) is 3.14. The lowest BCUT2D eigenvalue weighted by Gasteiger charge is -2.40. The molecule has 2 aliphatic heterocycles. The number of piperazine rings is 1. The SMILES string of the molecule is COc1ccc(N2CCN(c3c(C)c(C)c4c(c3C)C(O)(c3ccc(N(C)C)cc3)C(C)(C)O4)CC2)cc1. The van der Waals surface area contributed by atoms with E-state index in [1.807, 2.05) is 52.2 Å². The molecule has 1 atom stereocenters. The summed E-state index contributed by atoms with van der Waals surface area (Å²) in [6.07, 6.45) is 0. The lowest BCUT2D eigenvalue weighted by Crippen LogP contribution is -2.48. The summed E-state index contributed by atoms with van der Waals surface area (Å²) in [7, 11) is 5.75. The molecule has 2 heterocycles. The Morgan fingerprint density at radius 2 is 1.39 bits per heavy atom. The molecule has 0 spiro atoms. The number of anilines is 3. The summed E-state index contributed by atoms with van der Waals surface area (Å²) in [4.78, 5) is 6.98.